The van der Waals surface area contributed by atoms with Crippen molar-refractivity contribution >= 4 is 29.0 Å². The summed E-state index contributed by atoms with van der Waals surface area (Å²) in [6, 6.07) is 9.74. The topological polar surface area (TPSA) is 104 Å². The molecule has 0 aliphatic carbocycles. The summed E-state index contributed by atoms with van der Waals surface area (Å²) < 4.78 is 26.9. The zero-order valence-corrected chi connectivity index (χ0v) is 14.6. The molecule has 1 aromatic carbocycles. The predicted octanol–water partition coefficient (Wildman–Crippen LogP) is 3.13. The molecule has 0 saturated carbocycles. The predicted molar refractivity (Wildman–Crippen MR) is 101 cm³/mol. The number of rotatable bonds is 7. The van der Waals surface area contributed by atoms with Gasteiger partial charge in [0.05, 0.1) is 11.9 Å². The standard InChI is InChI=1S/C18H17F2N7O/c19-13-4-1-5-14(20)17(13)25-18(28)23-10-9-22-15-6-7-16(27-26-15)24-12-3-2-8-21-11-12/h1-8,11H,9-10H2,(H,22,26)(H,24,27)(H2,23,25,28). The van der Waals surface area contributed by atoms with Gasteiger partial charge in [-0.2, -0.15) is 0 Å². The number of amides is 2. The van der Waals surface area contributed by atoms with E-state index in [0.29, 0.717) is 18.2 Å². The number of hydrogen-bond acceptors (Lipinski definition) is 6. The molecule has 2 heterocycles. The second-order valence-electron chi connectivity index (χ2n) is 5.57. The van der Waals surface area contributed by atoms with Crippen molar-refractivity contribution in [1.82, 2.24) is 20.5 Å². The molecule has 0 bridgehead atoms. The number of benzene rings is 1. The Hall–Kier alpha value is -3.82. The first kappa shape index (κ1) is 19.0. The van der Waals surface area contributed by atoms with Gasteiger partial charge in [-0.05, 0) is 36.4 Å². The van der Waals surface area contributed by atoms with Gasteiger partial charge in [0.15, 0.2) is 5.82 Å². The number of hydrogen-bond donors (Lipinski definition) is 4. The van der Waals surface area contributed by atoms with Crippen LogP contribution in [0.25, 0.3) is 0 Å². The Kier molecular flexibility index (Phi) is 6.24. The average molecular weight is 385 g/mol. The van der Waals surface area contributed by atoms with Crippen LogP contribution in [0.1, 0.15) is 0 Å². The molecule has 3 rings (SSSR count). The van der Waals surface area contributed by atoms with Crippen molar-refractivity contribution in [2.24, 2.45) is 0 Å². The van der Waals surface area contributed by atoms with Gasteiger partial charge in [0.25, 0.3) is 0 Å². The summed E-state index contributed by atoms with van der Waals surface area (Å²) in [4.78, 5) is 15.7. The molecule has 3 aromatic rings. The van der Waals surface area contributed by atoms with Crippen molar-refractivity contribution in [2.75, 3.05) is 29.0 Å². The number of carbonyl (C=O) groups excluding carboxylic acids is 1. The molecule has 144 valence electrons. The Morgan fingerprint density at radius 2 is 1.68 bits per heavy atom. The van der Waals surface area contributed by atoms with Crippen molar-refractivity contribution in [3.63, 3.8) is 0 Å². The molecule has 10 heteroatoms. The number of pyridine rings is 1. The van der Waals surface area contributed by atoms with Crippen LogP contribution in [0.5, 0.6) is 0 Å². The third-order valence-corrected chi connectivity index (χ3v) is 3.52. The van der Waals surface area contributed by atoms with E-state index in [2.05, 4.69) is 36.4 Å². The van der Waals surface area contributed by atoms with Crippen LogP contribution in [0.4, 0.5) is 36.6 Å². The first-order chi connectivity index (χ1) is 13.6. The zero-order chi connectivity index (χ0) is 19.8. The summed E-state index contributed by atoms with van der Waals surface area (Å²) in [5.74, 6) is -0.617. The lowest BCUT2D eigenvalue weighted by molar-refractivity contribution is 0.252. The van der Waals surface area contributed by atoms with E-state index >= 15 is 0 Å². The van der Waals surface area contributed by atoms with Crippen LogP contribution in [0.3, 0.4) is 0 Å². The highest BCUT2D eigenvalue weighted by Crippen LogP contribution is 2.17. The van der Waals surface area contributed by atoms with Crippen LogP contribution in [-0.2, 0) is 0 Å². The molecule has 0 aliphatic heterocycles. The average Bonchev–Trinajstić information content (AvgIpc) is 2.70. The molecule has 0 saturated heterocycles. The molecule has 28 heavy (non-hydrogen) atoms. The van der Waals surface area contributed by atoms with Gasteiger partial charge in [-0.3, -0.25) is 4.98 Å². The fraction of sp³-hybridized carbons (Fsp3) is 0.111. The molecule has 2 amide bonds. The van der Waals surface area contributed by atoms with Crippen LogP contribution >= 0.6 is 0 Å². The van der Waals surface area contributed by atoms with Crippen LogP contribution in [-0.4, -0.2) is 34.3 Å². The Labute approximate surface area is 159 Å². The van der Waals surface area contributed by atoms with Crippen LogP contribution in [0.15, 0.2) is 54.9 Å². The minimum Gasteiger partial charge on any atom is -0.367 e. The summed E-state index contributed by atoms with van der Waals surface area (Å²) in [6.45, 7) is 0.552. The van der Waals surface area contributed by atoms with Gasteiger partial charge < -0.3 is 21.3 Å². The molecule has 0 fully saturated rings. The van der Waals surface area contributed by atoms with E-state index in [9.17, 15) is 13.6 Å². The molecule has 0 spiro atoms. The fourth-order valence-electron chi connectivity index (χ4n) is 2.22. The zero-order valence-electron chi connectivity index (χ0n) is 14.6. The van der Waals surface area contributed by atoms with Crippen molar-refractivity contribution in [3.05, 3.63) is 66.5 Å². The molecule has 0 radical (unpaired) electrons. The number of nitrogens with one attached hydrogen (secondary N) is 4. The van der Waals surface area contributed by atoms with Gasteiger partial charge in [-0.15, -0.1) is 10.2 Å². The monoisotopic (exact) mass is 385 g/mol. The maximum atomic E-state index is 13.5. The first-order valence-corrected chi connectivity index (χ1v) is 8.35. The number of anilines is 4. The Morgan fingerprint density at radius 1 is 0.929 bits per heavy atom. The molecule has 2 aromatic heterocycles. The van der Waals surface area contributed by atoms with Gasteiger partial charge in [-0.1, -0.05) is 6.07 Å². The molecule has 0 atom stereocenters. The smallest absolute Gasteiger partial charge is 0.319 e. The minimum absolute atomic E-state index is 0.208. The normalized spacial score (nSPS) is 10.2. The molecular formula is C18H17F2N7O. The van der Waals surface area contributed by atoms with Crippen LogP contribution in [0.2, 0.25) is 0 Å². The number of carbonyl (C=O) groups is 1. The first-order valence-electron chi connectivity index (χ1n) is 8.35. The van der Waals surface area contributed by atoms with Crippen molar-refractivity contribution < 1.29 is 13.6 Å². The number of nitrogens with zero attached hydrogens (tertiary/aromatic N) is 3. The number of para-hydroxylation sites is 1. The quantitative estimate of drug-likeness (QED) is 0.466. The summed E-state index contributed by atoms with van der Waals surface area (Å²) in [6.07, 6.45) is 3.34. The van der Waals surface area contributed by atoms with Gasteiger partial charge in [-0.25, -0.2) is 13.6 Å². The van der Waals surface area contributed by atoms with Gasteiger partial charge in [0.1, 0.15) is 23.1 Å². The van der Waals surface area contributed by atoms with Crippen molar-refractivity contribution in [3.8, 4) is 0 Å². The van der Waals surface area contributed by atoms with Gasteiger partial charge in [0.2, 0.25) is 0 Å². The summed E-state index contributed by atoms with van der Waals surface area (Å²) in [5.41, 5.74) is 0.301. The fourth-order valence-corrected chi connectivity index (χ4v) is 2.22. The highest BCUT2D eigenvalue weighted by molar-refractivity contribution is 5.89. The maximum absolute atomic E-state index is 13.5. The van der Waals surface area contributed by atoms with E-state index in [0.717, 1.165) is 17.8 Å². The largest absolute Gasteiger partial charge is 0.367 e. The summed E-state index contributed by atoms with van der Waals surface area (Å²) >= 11 is 0. The number of aromatic nitrogens is 3. The maximum Gasteiger partial charge on any atom is 0.319 e. The molecular weight excluding hydrogens is 368 g/mol. The summed E-state index contributed by atoms with van der Waals surface area (Å²) in [7, 11) is 0. The van der Waals surface area contributed by atoms with E-state index in [4.69, 9.17) is 0 Å². The van der Waals surface area contributed by atoms with Gasteiger partial charge >= 0.3 is 6.03 Å². The Balaban J connectivity index is 1.41. The lowest BCUT2D eigenvalue weighted by Gasteiger charge is -2.10. The van der Waals surface area contributed by atoms with Gasteiger partial charge in [0, 0.05) is 19.3 Å². The second kappa shape index (κ2) is 9.21. The molecule has 4 N–H and O–H groups in total. The number of halogens is 2. The lowest BCUT2D eigenvalue weighted by atomic mass is 10.3. The SMILES string of the molecule is O=C(NCCNc1ccc(Nc2cccnc2)nn1)Nc1c(F)cccc1F. The molecule has 0 unspecified atom stereocenters. The van der Waals surface area contributed by atoms with Crippen molar-refractivity contribution in [1.29, 1.82) is 0 Å². The van der Waals surface area contributed by atoms with E-state index in [1.807, 2.05) is 6.07 Å². The lowest BCUT2D eigenvalue weighted by Crippen LogP contribution is -2.33. The highest BCUT2D eigenvalue weighted by atomic mass is 19.1. The molecule has 8 nitrogen and oxygen atoms in total. The second-order valence-corrected chi connectivity index (χ2v) is 5.57. The third-order valence-electron chi connectivity index (χ3n) is 3.52. The van der Waals surface area contributed by atoms with E-state index in [1.165, 1.54) is 6.07 Å². The number of urea groups is 1. The third kappa shape index (κ3) is 5.34. The van der Waals surface area contributed by atoms with E-state index in [1.54, 1.807) is 30.6 Å². The van der Waals surface area contributed by atoms with E-state index < -0.39 is 23.4 Å². The Bertz CT molecular complexity index is 903. The van der Waals surface area contributed by atoms with E-state index in [-0.39, 0.29) is 6.54 Å². The molecule has 0 aliphatic rings. The Morgan fingerprint density at radius 3 is 2.36 bits per heavy atom. The highest BCUT2D eigenvalue weighted by Gasteiger charge is 2.11. The van der Waals surface area contributed by atoms with Crippen LogP contribution < -0.4 is 21.3 Å². The van der Waals surface area contributed by atoms with Crippen molar-refractivity contribution in [2.45, 2.75) is 0 Å². The van der Waals surface area contributed by atoms with Crippen LogP contribution in [0, 0.1) is 11.6 Å². The summed E-state index contributed by atoms with van der Waals surface area (Å²) in [5, 5.41) is 18.7. The minimum atomic E-state index is -0.844.